The van der Waals surface area contributed by atoms with Crippen LogP contribution in [0.3, 0.4) is 0 Å². The first-order valence-corrected chi connectivity index (χ1v) is 8.78. The van der Waals surface area contributed by atoms with Gasteiger partial charge in [0.05, 0.1) is 18.6 Å². The Morgan fingerprint density at radius 2 is 1.62 bits per heavy atom. The standard InChI is InChI=1S/C21H23NO4/c23-19(22-21(14-20(24)25)11-12-26-15-21)13-18(16-7-3-1-4-8-16)17-9-5-2-6-10-17/h1-10,18H,11-15H2,(H,22,23)(H,24,25). The minimum atomic E-state index is -0.932. The van der Waals surface area contributed by atoms with Crippen molar-refractivity contribution in [3.05, 3.63) is 71.8 Å². The number of aliphatic carboxylic acids is 1. The van der Waals surface area contributed by atoms with Gasteiger partial charge >= 0.3 is 5.97 Å². The maximum absolute atomic E-state index is 12.8. The van der Waals surface area contributed by atoms with E-state index in [9.17, 15) is 14.7 Å². The van der Waals surface area contributed by atoms with Crippen molar-refractivity contribution in [3.63, 3.8) is 0 Å². The number of rotatable bonds is 7. The zero-order chi connectivity index (χ0) is 18.4. The highest BCUT2D eigenvalue weighted by Crippen LogP contribution is 2.29. The van der Waals surface area contributed by atoms with Gasteiger partial charge in [0, 0.05) is 18.9 Å². The lowest BCUT2D eigenvalue weighted by Gasteiger charge is -2.28. The van der Waals surface area contributed by atoms with Gasteiger partial charge in [-0.3, -0.25) is 9.59 Å². The molecule has 0 bridgehead atoms. The van der Waals surface area contributed by atoms with Gasteiger partial charge in [0.2, 0.25) is 5.91 Å². The third-order valence-electron chi connectivity index (χ3n) is 4.79. The van der Waals surface area contributed by atoms with Gasteiger partial charge in [0.1, 0.15) is 0 Å². The summed E-state index contributed by atoms with van der Waals surface area (Å²) >= 11 is 0. The van der Waals surface area contributed by atoms with E-state index < -0.39 is 11.5 Å². The lowest BCUT2D eigenvalue weighted by molar-refractivity contribution is -0.139. The zero-order valence-corrected chi connectivity index (χ0v) is 14.6. The van der Waals surface area contributed by atoms with E-state index in [0.29, 0.717) is 13.0 Å². The Hall–Kier alpha value is -2.66. The molecule has 0 aromatic heterocycles. The van der Waals surface area contributed by atoms with Crippen molar-refractivity contribution >= 4 is 11.9 Å². The largest absolute Gasteiger partial charge is 0.481 e. The molecule has 1 unspecified atom stereocenters. The second-order valence-corrected chi connectivity index (χ2v) is 6.78. The summed E-state index contributed by atoms with van der Waals surface area (Å²) in [6, 6.07) is 19.8. The highest BCUT2D eigenvalue weighted by molar-refractivity contribution is 5.80. The van der Waals surface area contributed by atoms with E-state index in [1.807, 2.05) is 60.7 Å². The molecule has 0 saturated carbocycles. The Labute approximate surface area is 153 Å². The van der Waals surface area contributed by atoms with Gasteiger partial charge < -0.3 is 15.2 Å². The third kappa shape index (κ3) is 4.49. The molecule has 5 nitrogen and oxygen atoms in total. The number of carboxylic acid groups (broad SMARTS) is 1. The highest BCUT2D eigenvalue weighted by Gasteiger charge is 2.39. The van der Waals surface area contributed by atoms with Gasteiger partial charge in [0.15, 0.2) is 0 Å². The highest BCUT2D eigenvalue weighted by atomic mass is 16.5. The van der Waals surface area contributed by atoms with Crippen LogP contribution in [0.2, 0.25) is 0 Å². The minimum Gasteiger partial charge on any atom is -0.481 e. The van der Waals surface area contributed by atoms with Crippen LogP contribution >= 0.6 is 0 Å². The molecule has 0 radical (unpaired) electrons. The van der Waals surface area contributed by atoms with Gasteiger partial charge in [-0.05, 0) is 17.5 Å². The lowest BCUT2D eigenvalue weighted by Crippen LogP contribution is -2.50. The van der Waals surface area contributed by atoms with Crippen LogP contribution in [0.1, 0.15) is 36.3 Å². The molecule has 1 aliphatic rings. The quantitative estimate of drug-likeness (QED) is 0.802. The normalized spacial score (nSPS) is 19.4. The topological polar surface area (TPSA) is 75.6 Å². The first-order valence-electron chi connectivity index (χ1n) is 8.78. The molecule has 1 atom stereocenters. The number of carbonyl (C=O) groups is 2. The Morgan fingerprint density at radius 3 is 2.08 bits per heavy atom. The fourth-order valence-corrected chi connectivity index (χ4v) is 3.51. The molecule has 0 aliphatic carbocycles. The Bertz CT molecular complexity index is 700. The Morgan fingerprint density at radius 1 is 1.04 bits per heavy atom. The lowest BCUT2D eigenvalue weighted by atomic mass is 9.87. The Balaban J connectivity index is 1.78. The molecule has 1 aliphatic heterocycles. The van der Waals surface area contributed by atoms with E-state index in [2.05, 4.69) is 5.32 Å². The van der Waals surface area contributed by atoms with Crippen LogP contribution in [0, 0.1) is 0 Å². The molecule has 1 fully saturated rings. The summed E-state index contributed by atoms with van der Waals surface area (Å²) in [4.78, 5) is 24.0. The van der Waals surface area contributed by atoms with Crippen molar-refractivity contribution in [3.8, 4) is 0 Å². The summed E-state index contributed by atoms with van der Waals surface area (Å²) in [5.74, 6) is -1.17. The van der Waals surface area contributed by atoms with Crippen LogP contribution in [-0.4, -0.2) is 35.7 Å². The molecule has 2 aromatic rings. The minimum absolute atomic E-state index is 0.0819. The third-order valence-corrected chi connectivity index (χ3v) is 4.79. The van der Waals surface area contributed by atoms with E-state index in [-0.39, 0.29) is 31.3 Å². The molecule has 1 heterocycles. The summed E-state index contributed by atoms with van der Waals surface area (Å²) in [5, 5.41) is 12.1. The van der Waals surface area contributed by atoms with Gasteiger partial charge in [-0.1, -0.05) is 60.7 Å². The van der Waals surface area contributed by atoms with Crippen LogP contribution in [0.4, 0.5) is 0 Å². The van der Waals surface area contributed by atoms with Crippen LogP contribution in [0.25, 0.3) is 0 Å². The molecule has 26 heavy (non-hydrogen) atoms. The number of benzene rings is 2. The van der Waals surface area contributed by atoms with Crippen molar-refractivity contribution in [1.29, 1.82) is 0 Å². The predicted octanol–water partition coefficient (Wildman–Crippen LogP) is 2.96. The molecule has 1 saturated heterocycles. The molecular formula is C21H23NO4. The van der Waals surface area contributed by atoms with E-state index in [4.69, 9.17) is 4.74 Å². The number of carboxylic acids is 1. The first kappa shape index (κ1) is 18.1. The number of hydrogen-bond acceptors (Lipinski definition) is 3. The smallest absolute Gasteiger partial charge is 0.305 e. The number of ether oxygens (including phenoxy) is 1. The SMILES string of the molecule is O=C(O)CC1(NC(=O)CC(c2ccccc2)c2ccccc2)CCOC1. The van der Waals surface area contributed by atoms with Crippen LogP contribution in [0.5, 0.6) is 0 Å². The fourth-order valence-electron chi connectivity index (χ4n) is 3.51. The zero-order valence-electron chi connectivity index (χ0n) is 14.6. The monoisotopic (exact) mass is 353 g/mol. The molecular weight excluding hydrogens is 330 g/mol. The van der Waals surface area contributed by atoms with Gasteiger partial charge in [-0.15, -0.1) is 0 Å². The average molecular weight is 353 g/mol. The summed E-state index contributed by atoms with van der Waals surface area (Å²) in [6.07, 6.45) is 0.655. The average Bonchev–Trinajstić information content (AvgIpc) is 3.08. The number of carbonyl (C=O) groups excluding carboxylic acids is 1. The fraction of sp³-hybridized carbons (Fsp3) is 0.333. The van der Waals surface area contributed by atoms with Crippen LogP contribution < -0.4 is 5.32 Å². The van der Waals surface area contributed by atoms with Crippen molar-refractivity contribution in [2.75, 3.05) is 13.2 Å². The van der Waals surface area contributed by atoms with Crippen molar-refractivity contribution in [2.24, 2.45) is 0 Å². The van der Waals surface area contributed by atoms with Gasteiger partial charge in [-0.25, -0.2) is 0 Å². The molecule has 1 amide bonds. The maximum atomic E-state index is 12.8. The van der Waals surface area contributed by atoms with E-state index in [0.717, 1.165) is 11.1 Å². The molecule has 136 valence electrons. The molecule has 2 aromatic carbocycles. The van der Waals surface area contributed by atoms with Gasteiger partial charge in [-0.2, -0.15) is 0 Å². The number of amides is 1. The molecule has 0 spiro atoms. The first-order chi connectivity index (χ1) is 12.6. The van der Waals surface area contributed by atoms with Crippen LogP contribution in [0.15, 0.2) is 60.7 Å². The summed E-state index contributed by atoms with van der Waals surface area (Å²) < 4.78 is 5.36. The summed E-state index contributed by atoms with van der Waals surface area (Å²) in [7, 11) is 0. The van der Waals surface area contributed by atoms with E-state index in [1.54, 1.807) is 0 Å². The molecule has 3 rings (SSSR count). The van der Waals surface area contributed by atoms with Crippen LogP contribution in [-0.2, 0) is 14.3 Å². The van der Waals surface area contributed by atoms with E-state index >= 15 is 0 Å². The Kier molecular flexibility index (Phi) is 5.68. The van der Waals surface area contributed by atoms with Crippen molar-refractivity contribution in [1.82, 2.24) is 5.32 Å². The second-order valence-electron chi connectivity index (χ2n) is 6.78. The van der Waals surface area contributed by atoms with Gasteiger partial charge in [0.25, 0.3) is 0 Å². The number of hydrogen-bond donors (Lipinski definition) is 2. The van der Waals surface area contributed by atoms with Crippen molar-refractivity contribution in [2.45, 2.75) is 30.7 Å². The predicted molar refractivity (Wildman–Crippen MR) is 97.9 cm³/mol. The number of nitrogens with one attached hydrogen (secondary N) is 1. The van der Waals surface area contributed by atoms with E-state index in [1.165, 1.54) is 0 Å². The molecule has 5 heteroatoms. The van der Waals surface area contributed by atoms with Crippen molar-refractivity contribution < 1.29 is 19.4 Å². The summed E-state index contributed by atoms with van der Waals surface area (Å²) in [5.41, 5.74) is 1.31. The molecule has 2 N–H and O–H groups in total. The second kappa shape index (κ2) is 8.15. The summed E-state index contributed by atoms with van der Waals surface area (Å²) in [6.45, 7) is 0.709. The maximum Gasteiger partial charge on any atom is 0.305 e.